The number of aryl methyl sites for hydroxylation is 2. The van der Waals surface area contributed by atoms with Gasteiger partial charge < -0.3 is 9.42 Å². The monoisotopic (exact) mass is 473 g/mol. The molecule has 2 aromatic carbocycles. The Morgan fingerprint density at radius 1 is 1.09 bits per heavy atom. The fourth-order valence-electron chi connectivity index (χ4n) is 4.26. The molecule has 3 heterocycles. The highest BCUT2D eigenvalue weighted by Gasteiger charge is 2.32. The van der Waals surface area contributed by atoms with E-state index in [4.69, 9.17) is 21.1 Å². The van der Waals surface area contributed by atoms with Gasteiger partial charge in [0.2, 0.25) is 5.91 Å². The second-order valence-corrected chi connectivity index (χ2v) is 9.10. The Morgan fingerprint density at radius 2 is 1.82 bits per heavy atom. The summed E-state index contributed by atoms with van der Waals surface area (Å²) in [5.41, 5.74) is 7.27. The number of aromatic nitrogens is 3. The molecule has 172 valence electrons. The first-order chi connectivity index (χ1) is 16.3. The summed E-state index contributed by atoms with van der Waals surface area (Å²) in [6.45, 7) is 1.92. The van der Waals surface area contributed by atoms with Crippen molar-refractivity contribution in [2.75, 3.05) is 14.1 Å². The molecule has 1 aliphatic rings. The van der Waals surface area contributed by atoms with E-state index in [2.05, 4.69) is 28.5 Å². The lowest BCUT2D eigenvalue weighted by Gasteiger charge is -2.15. The molecule has 0 saturated heterocycles. The SMILES string of the molecule is Cc1noc2c1-c1ccc(-c3cnn(C)c3)cc1C(c1ccc(Cl)cc1)=N[C@H]2CC(=O)N(C)C. The Morgan fingerprint density at radius 3 is 2.50 bits per heavy atom. The van der Waals surface area contributed by atoms with E-state index < -0.39 is 6.04 Å². The standard InChI is InChI=1S/C26H24ClN5O2/c1-15-24-20-10-7-17(18-13-28-32(4)14-18)11-21(20)25(16-5-8-19(27)9-6-16)29-22(26(24)34-30-15)12-23(33)31(2)3/h5-11,13-14,22H,12H2,1-4H3/t22-/m0/s1. The molecule has 5 rings (SSSR count). The second kappa shape index (κ2) is 8.57. The molecule has 0 bridgehead atoms. The molecule has 0 spiro atoms. The molecule has 4 aromatic rings. The molecule has 0 fully saturated rings. The first kappa shape index (κ1) is 22.1. The number of carbonyl (C=O) groups is 1. The molecule has 1 aliphatic heterocycles. The summed E-state index contributed by atoms with van der Waals surface area (Å²) in [4.78, 5) is 19.4. The smallest absolute Gasteiger partial charge is 0.224 e. The number of hydrogen-bond donors (Lipinski definition) is 0. The van der Waals surface area contributed by atoms with E-state index in [1.165, 1.54) is 0 Å². The fourth-order valence-corrected chi connectivity index (χ4v) is 4.38. The van der Waals surface area contributed by atoms with Crippen LogP contribution in [0.25, 0.3) is 22.3 Å². The number of hydrogen-bond acceptors (Lipinski definition) is 5. The highest BCUT2D eigenvalue weighted by Crippen LogP contribution is 2.42. The fraction of sp³-hybridized carbons (Fsp3) is 0.231. The molecule has 1 atom stereocenters. The maximum absolute atomic E-state index is 12.7. The van der Waals surface area contributed by atoms with Crippen LogP contribution in [0.4, 0.5) is 0 Å². The number of carbonyl (C=O) groups excluding carboxylic acids is 1. The van der Waals surface area contributed by atoms with Crippen molar-refractivity contribution < 1.29 is 9.32 Å². The van der Waals surface area contributed by atoms with Crippen molar-refractivity contribution in [3.8, 4) is 22.3 Å². The molecule has 2 aromatic heterocycles. The van der Waals surface area contributed by atoms with Crippen molar-refractivity contribution in [3.05, 3.63) is 82.5 Å². The quantitative estimate of drug-likeness (QED) is 0.414. The Kier molecular flexibility index (Phi) is 5.57. The predicted octanol–water partition coefficient (Wildman–Crippen LogP) is 5.07. The highest BCUT2D eigenvalue weighted by atomic mass is 35.5. The topological polar surface area (TPSA) is 76.5 Å². The molecule has 0 unspecified atom stereocenters. The molecule has 1 amide bonds. The minimum absolute atomic E-state index is 0.0359. The third-order valence-corrected chi connectivity index (χ3v) is 6.30. The summed E-state index contributed by atoms with van der Waals surface area (Å²) >= 11 is 6.18. The average molecular weight is 474 g/mol. The van der Waals surface area contributed by atoms with E-state index in [1.807, 2.05) is 50.6 Å². The van der Waals surface area contributed by atoms with E-state index in [0.29, 0.717) is 10.8 Å². The van der Waals surface area contributed by atoms with E-state index in [9.17, 15) is 4.79 Å². The zero-order valence-corrected chi connectivity index (χ0v) is 20.2. The van der Waals surface area contributed by atoms with Gasteiger partial charge in [0.05, 0.1) is 29.6 Å². The van der Waals surface area contributed by atoms with Crippen LogP contribution in [-0.4, -0.2) is 45.6 Å². The number of halogens is 1. The second-order valence-electron chi connectivity index (χ2n) is 8.66. The van der Waals surface area contributed by atoms with Gasteiger partial charge in [0.1, 0.15) is 6.04 Å². The van der Waals surface area contributed by atoms with E-state index in [0.717, 1.165) is 44.8 Å². The van der Waals surface area contributed by atoms with Gasteiger partial charge in [0.25, 0.3) is 0 Å². The molecule has 8 heteroatoms. The maximum atomic E-state index is 12.7. The lowest BCUT2D eigenvalue weighted by molar-refractivity contribution is -0.129. The Bertz CT molecular complexity index is 1420. The van der Waals surface area contributed by atoms with Gasteiger partial charge in [-0.1, -0.05) is 41.0 Å². The van der Waals surface area contributed by atoms with Crippen LogP contribution < -0.4 is 0 Å². The largest absolute Gasteiger partial charge is 0.358 e. The van der Waals surface area contributed by atoms with Crippen LogP contribution in [0.15, 0.2) is 64.4 Å². The van der Waals surface area contributed by atoms with Crippen LogP contribution in [0, 0.1) is 6.92 Å². The normalized spacial score (nSPS) is 14.7. The van der Waals surface area contributed by atoms with Crippen molar-refractivity contribution in [2.24, 2.45) is 12.0 Å². The molecule has 0 saturated carbocycles. The lowest BCUT2D eigenvalue weighted by atomic mass is 9.90. The Labute approximate surface area is 202 Å². The van der Waals surface area contributed by atoms with Crippen molar-refractivity contribution >= 4 is 23.2 Å². The predicted molar refractivity (Wildman–Crippen MR) is 132 cm³/mol. The number of fused-ring (bicyclic) bond motifs is 3. The zero-order valence-electron chi connectivity index (χ0n) is 19.4. The minimum Gasteiger partial charge on any atom is -0.358 e. The summed E-state index contributed by atoms with van der Waals surface area (Å²) < 4.78 is 7.55. The summed E-state index contributed by atoms with van der Waals surface area (Å²) in [7, 11) is 5.38. The van der Waals surface area contributed by atoms with Gasteiger partial charge in [0.15, 0.2) is 5.76 Å². The van der Waals surface area contributed by atoms with Crippen molar-refractivity contribution in [3.63, 3.8) is 0 Å². The number of amides is 1. The van der Waals surface area contributed by atoms with Gasteiger partial charge in [-0.3, -0.25) is 14.5 Å². The van der Waals surface area contributed by atoms with Crippen LogP contribution in [0.1, 0.15) is 35.0 Å². The van der Waals surface area contributed by atoms with Crippen LogP contribution >= 0.6 is 11.6 Å². The van der Waals surface area contributed by atoms with Crippen molar-refractivity contribution in [1.29, 1.82) is 0 Å². The molecule has 0 aliphatic carbocycles. The minimum atomic E-state index is -0.508. The van der Waals surface area contributed by atoms with Gasteiger partial charge in [-0.05, 0) is 36.2 Å². The third kappa shape index (κ3) is 3.92. The van der Waals surface area contributed by atoms with Gasteiger partial charge in [0, 0.05) is 49.1 Å². The summed E-state index contributed by atoms with van der Waals surface area (Å²) in [5, 5.41) is 9.20. The van der Waals surface area contributed by atoms with Gasteiger partial charge in [-0.2, -0.15) is 5.10 Å². The van der Waals surface area contributed by atoms with E-state index >= 15 is 0 Å². The molecular weight excluding hydrogens is 450 g/mol. The summed E-state index contributed by atoms with van der Waals surface area (Å²) in [6.07, 6.45) is 3.99. The van der Waals surface area contributed by atoms with Gasteiger partial charge in [-0.15, -0.1) is 0 Å². The highest BCUT2D eigenvalue weighted by molar-refractivity contribution is 6.30. The third-order valence-electron chi connectivity index (χ3n) is 6.04. The zero-order chi connectivity index (χ0) is 24.0. The maximum Gasteiger partial charge on any atom is 0.224 e. The van der Waals surface area contributed by atoms with Crippen LogP contribution in [0.3, 0.4) is 0 Å². The van der Waals surface area contributed by atoms with Crippen LogP contribution in [0.2, 0.25) is 5.02 Å². The molecular formula is C26H24ClN5O2. The lowest BCUT2D eigenvalue weighted by Crippen LogP contribution is -2.23. The first-order valence-electron chi connectivity index (χ1n) is 11.0. The number of benzene rings is 2. The number of rotatable bonds is 4. The summed E-state index contributed by atoms with van der Waals surface area (Å²) in [6, 6.07) is 13.3. The number of nitrogens with zero attached hydrogens (tertiary/aromatic N) is 5. The van der Waals surface area contributed by atoms with Crippen molar-refractivity contribution in [1.82, 2.24) is 19.8 Å². The Balaban J connectivity index is 1.76. The Hall–Kier alpha value is -3.71. The van der Waals surface area contributed by atoms with Crippen LogP contribution in [0.5, 0.6) is 0 Å². The van der Waals surface area contributed by atoms with Crippen molar-refractivity contribution in [2.45, 2.75) is 19.4 Å². The van der Waals surface area contributed by atoms with Gasteiger partial charge in [-0.25, -0.2) is 0 Å². The average Bonchev–Trinajstić information content (AvgIpc) is 3.39. The summed E-state index contributed by atoms with van der Waals surface area (Å²) in [5.74, 6) is 0.568. The van der Waals surface area contributed by atoms with Gasteiger partial charge >= 0.3 is 0 Å². The van der Waals surface area contributed by atoms with E-state index in [1.54, 1.807) is 23.7 Å². The molecule has 7 nitrogen and oxygen atoms in total. The van der Waals surface area contributed by atoms with E-state index in [-0.39, 0.29) is 12.3 Å². The van der Waals surface area contributed by atoms with Crippen LogP contribution in [-0.2, 0) is 11.8 Å². The first-order valence-corrected chi connectivity index (χ1v) is 11.3. The number of aliphatic imine (C=N–C) groups is 1. The molecule has 0 N–H and O–H groups in total. The molecule has 34 heavy (non-hydrogen) atoms. The molecule has 0 radical (unpaired) electrons.